The molecule has 1 aromatic heterocycles. The molecule has 5 nitrogen and oxygen atoms in total. The van der Waals surface area contributed by atoms with Crippen LogP contribution in [0.4, 0.5) is 4.39 Å². The molecule has 0 N–H and O–H groups in total. The van der Waals surface area contributed by atoms with Gasteiger partial charge in [-0.2, -0.15) is 10.2 Å². The van der Waals surface area contributed by atoms with Crippen molar-refractivity contribution in [2.45, 2.75) is 31.8 Å². The van der Waals surface area contributed by atoms with Gasteiger partial charge in [-0.05, 0) is 29.3 Å². The third kappa shape index (κ3) is 3.73. The maximum absolute atomic E-state index is 13.9. The summed E-state index contributed by atoms with van der Waals surface area (Å²) < 4.78 is 19.8. The zero-order chi connectivity index (χ0) is 21.1. The molecular weight excluding hydrogens is 383 g/mol. The van der Waals surface area contributed by atoms with Crippen molar-refractivity contribution in [3.8, 4) is 5.75 Å². The number of ether oxygens (including phenoxy) is 1. The molecule has 0 spiro atoms. The molecule has 152 valence electrons. The molecule has 4 rings (SSSR count). The molecule has 1 aliphatic rings. The minimum Gasteiger partial charge on any atom is -0.486 e. The van der Waals surface area contributed by atoms with Gasteiger partial charge in [-0.1, -0.05) is 37.3 Å². The predicted molar refractivity (Wildman–Crippen MR) is 110 cm³/mol. The van der Waals surface area contributed by atoms with Crippen LogP contribution in [0.5, 0.6) is 5.75 Å². The third-order valence-corrected chi connectivity index (χ3v) is 5.36. The Labute approximate surface area is 173 Å². The molecular formula is C24H21FN2O3. The van der Waals surface area contributed by atoms with Crippen molar-refractivity contribution in [1.82, 2.24) is 10.2 Å². The SMILES string of the molecule is CCC(=O)c1cc(C(=O)Cc2ccnnc2)cc2c1O[C@H](CF)[C@H]2c1ccccc1. The molecule has 2 atom stereocenters. The molecule has 2 aromatic carbocycles. The topological polar surface area (TPSA) is 69.2 Å². The Morgan fingerprint density at radius 1 is 1.07 bits per heavy atom. The highest BCUT2D eigenvalue weighted by molar-refractivity contribution is 6.04. The third-order valence-electron chi connectivity index (χ3n) is 5.36. The Kier molecular flexibility index (Phi) is 5.65. The Bertz CT molecular complexity index is 1070. The number of aromatic nitrogens is 2. The molecule has 0 saturated heterocycles. The summed E-state index contributed by atoms with van der Waals surface area (Å²) >= 11 is 0. The number of halogens is 1. The number of hydrogen-bond acceptors (Lipinski definition) is 5. The minimum absolute atomic E-state index is 0.136. The van der Waals surface area contributed by atoms with Gasteiger partial charge in [0.1, 0.15) is 18.5 Å². The van der Waals surface area contributed by atoms with Crippen LogP contribution in [0.25, 0.3) is 0 Å². The second-order valence-electron chi connectivity index (χ2n) is 7.27. The Hall–Kier alpha value is -3.41. The fourth-order valence-electron chi connectivity index (χ4n) is 3.88. The Morgan fingerprint density at radius 3 is 2.53 bits per heavy atom. The van der Waals surface area contributed by atoms with E-state index in [0.29, 0.717) is 22.4 Å². The van der Waals surface area contributed by atoms with Gasteiger partial charge in [-0.15, -0.1) is 0 Å². The second kappa shape index (κ2) is 8.53. The van der Waals surface area contributed by atoms with E-state index in [2.05, 4.69) is 10.2 Å². The summed E-state index contributed by atoms with van der Waals surface area (Å²) in [6, 6.07) is 14.5. The largest absolute Gasteiger partial charge is 0.486 e. The van der Waals surface area contributed by atoms with Gasteiger partial charge in [0, 0.05) is 30.2 Å². The number of Topliss-reactive ketones (excluding diaryl/α,β-unsaturated/α-hetero) is 2. The standard InChI is InChI=1S/C24H21FN2O3/c1-2-20(28)18-11-17(21(29)10-15-8-9-26-27-14-15)12-19-23(16-6-4-3-5-7-16)22(13-25)30-24(18)19/h3-9,11-12,14,22-23H,2,10,13H2,1H3/t22-,23+/m1/s1. The lowest BCUT2D eigenvalue weighted by Crippen LogP contribution is -2.22. The van der Waals surface area contributed by atoms with Gasteiger partial charge in [0.15, 0.2) is 11.6 Å². The van der Waals surface area contributed by atoms with Crippen LogP contribution >= 0.6 is 0 Å². The highest BCUT2D eigenvalue weighted by Crippen LogP contribution is 2.45. The number of alkyl halides is 1. The first kappa shape index (κ1) is 19.9. The Balaban J connectivity index is 1.81. The van der Waals surface area contributed by atoms with E-state index in [0.717, 1.165) is 11.1 Å². The lowest BCUT2D eigenvalue weighted by Gasteiger charge is -2.16. The smallest absolute Gasteiger partial charge is 0.167 e. The molecule has 0 unspecified atom stereocenters. The van der Waals surface area contributed by atoms with Crippen LogP contribution in [-0.4, -0.2) is 34.5 Å². The number of hydrogen-bond donors (Lipinski definition) is 0. The van der Waals surface area contributed by atoms with E-state index < -0.39 is 12.8 Å². The highest BCUT2D eigenvalue weighted by Gasteiger charge is 2.38. The molecule has 30 heavy (non-hydrogen) atoms. The molecule has 2 heterocycles. The fourth-order valence-corrected chi connectivity index (χ4v) is 3.88. The molecule has 0 amide bonds. The van der Waals surface area contributed by atoms with Crippen LogP contribution in [-0.2, 0) is 6.42 Å². The number of benzene rings is 2. The quantitative estimate of drug-likeness (QED) is 0.548. The lowest BCUT2D eigenvalue weighted by atomic mass is 9.85. The average molecular weight is 404 g/mol. The van der Waals surface area contributed by atoms with Crippen LogP contribution in [0.2, 0.25) is 0 Å². The second-order valence-corrected chi connectivity index (χ2v) is 7.27. The summed E-state index contributed by atoms with van der Waals surface area (Å²) in [6.45, 7) is 1.06. The number of rotatable bonds is 7. The first-order chi connectivity index (χ1) is 14.6. The maximum Gasteiger partial charge on any atom is 0.167 e. The van der Waals surface area contributed by atoms with Gasteiger partial charge in [0.2, 0.25) is 0 Å². The maximum atomic E-state index is 13.9. The molecule has 3 aromatic rings. The molecule has 0 bridgehead atoms. The van der Waals surface area contributed by atoms with Crippen LogP contribution in [0.15, 0.2) is 60.9 Å². The van der Waals surface area contributed by atoms with Crippen molar-refractivity contribution >= 4 is 11.6 Å². The van der Waals surface area contributed by atoms with Gasteiger partial charge in [0.05, 0.1) is 17.7 Å². The summed E-state index contributed by atoms with van der Waals surface area (Å²) in [6.07, 6.45) is 2.73. The predicted octanol–water partition coefficient (Wildman–Crippen LogP) is 4.36. The summed E-state index contributed by atoms with van der Waals surface area (Å²) in [7, 11) is 0. The van der Waals surface area contributed by atoms with E-state index in [9.17, 15) is 14.0 Å². The van der Waals surface area contributed by atoms with E-state index in [1.807, 2.05) is 30.3 Å². The molecule has 6 heteroatoms. The number of nitrogens with zero attached hydrogens (tertiary/aromatic N) is 2. The van der Waals surface area contributed by atoms with Gasteiger partial charge < -0.3 is 4.74 Å². The van der Waals surface area contributed by atoms with Gasteiger partial charge in [-0.25, -0.2) is 4.39 Å². The van der Waals surface area contributed by atoms with Gasteiger partial charge in [0.25, 0.3) is 0 Å². The minimum atomic E-state index is -0.736. The monoisotopic (exact) mass is 404 g/mol. The normalized spacial score (nSPS) is 17.3. The van der Waals surface area contributed by atoms with Crippen molar-refractivity contribution in [2.24, 2.45) is 0 Å². The zero-order valence-electron chi connectivity index (χ0n) is 16.5. The molecule has 0 aliphatic carbocycles. The number of carbonyl (C=O) groups is 2. The van der Waals surface area contributed by atoms with Gasteiger partial charge >= 0.3 is 0 Å². The van der Waals surface area contributed by atoms with Crippen molar-refractivity contribution < 1.29 is 18.7 Å². The van der Waals surface area contributed by atoms with E-state index in [1.165, 1.54) is 6.20 Å². The average Bonchev–Trinajstić information content (AvgIpc) is 3.17. The van der Waals surface area contributed by atoms with E-state index in [-0.39, 0.29) is 30.3 Å². The fraction of sp³-hybridized carbons (Fsp3) is 0.250. The van der Waals surface area contributed by atoms with E-state index in [4.69, 9.17) is 4.74 Å². The highest BCUT2D eigenvalue weighted by atomic mass is 19.1. The summed E-state index contributed by atoms with van der Waals surface area (Å²) in [4.78, 5) is 25.6. The number of ketones is 2. The summed E-state index contributed by atoms with van der Waals surface area (Å²) in [5.74, 6) is -0.283. The van der Waals surface area contributed by atoms with Crippen LogP contribution in [0.3, 0.4) is 0 Å². The van der Waals surface area contributed by atoms with Crippen LogP contribution in [0.1, 0.15) is 56.7 Å². The summed E-state index contributed by atoms with van der Waals surface area (Å²) in [5.41, 5.74) is 3.04. The molecule has 1 aliphatic heterocycles. The molecule has 0 saturated carbocycles. The van der Waals surface area contributed by atoms with E-state index >= 15 is 0 Å². The van der Waals surface area contributed by atoms with Gasteiger partial charge in [-0.3, -0.25) is 9.59 Å². The molecule has 0 fully saturated rings. The first-order valence-corrected chi connectivity index (χ1v) is 9.89. The first-order valence-electron chi connectivity index (χ1n) is 9.89. The Morgan fingerprint density at radius 2 is 1.87 bits per heavy atom. The van der Waals surface area contributed by atoms with Crippen molar-refractivity contribution in [1.29, 1.82) is 0 Å². The lowest BCUT2D eigenvalue weighted by molar-refractivity contribution is 0.0980. The summed E-state index contributed by atoms with van der Waals surface area (Å²) in [5, 5.41) is 7.53. The van der Waals surface area contributed by atoms with Crippen molar-refractivity contribution in [3.63, 3.8) is 0 Å². The van der Waals surface area contributed by atoms with E-state index in [1.54, 1.807) is 31.3 Å². The molecule has 0 radical (unpaired) electrons. The zero-order valence-corrected chi connectivity index (χ0v) is 16.5. The number of carbonyl (C=O) groups excluding carboxylic acids is 2. The van der Waals surface area contributed by atoms with Crippen molar-refractivity contribution in [3.05, 3.63) is 88.7 Å². The van der Waals surface area contributed by atoms with Crippen molar-refractivity contribution in [2.75, 3.05) is 6.67 Å². The van der Waals surface area contributed by atoms with Crippen LogP contribution < -0.4 is 4.74 Å². The number of fused-ring (bicyclic) bond motifs is 1. The van der Waals surface area contributed by atoms with Crippen LogP contribution in [0, 0.1) is 0 Å².